The van der Waals surface area contributed by atoms with Crippen molar-refractivity contribution in [2.24, 2.45) is 0 Å². The lowest BCUT2D eigenvalue weighted by Gasteiger charge is -2.36. The summed E-state index contributed by atoms with van der Waals surface area (Å²) in [5.74, 6) is 1.59. The van der Waals surface area contributed by atoms with Gasteiger partial charge in [0.2, 0.25) is 5.89 Å². The summed E-state index contributed by atoms with van der Waals surface area (Å²) in [4.78, 5) is 9.57. The molecule has 3 aromatic rings. The van der Waals surface area contributed by atoms with E-state index < -0.39 is 0 Å². The van der Waals surface area contributed by atoms with E-state index in [0.717, 1.165) is 74.4 Å². The summed E-state index contributed by atoms with van der Waals surface area (Å²) in [7, 11) is 0. The number of fused-ring (bicyclic) bond motifs is 1. The Balaban J connectivity index is 1.33. The normalized spacial score (nSPS) is 21.6. The first-order valence-corrected chi connectivity index (χ1v) is 11.2. The van der Waals surface area contributed by atoms with Crippen molar-refractivity contribution < 1.29 is 9.15 Å². The summed E-state index contributed by atoms with van der Waals surface area (Å²) in [6.45, 7) is 10.5. The lowest BCUT2D eigenvalue weighted by molar-refractivity contribution is -0.0366. The first kappa shape index (κ1) is 19.7. The first-order chi connectivity index (χ1) is 14.7. The quantitative estimate of drug-likeness (QED) is 0.637. The van der Waals surface area contributed by atoms with Gasteiger partial charge in [0.25, 0.3) is 0 Å². The molecular weight excluding hydrogens is 378 g/mol. The Kier molecular flexibility index (Phi) is 5.58. The molecule has 7 nitrogen and oxygen atoms in total. The van der Waals surface area contributed by atoms with Gasteiger partial charge in [0.05, 0.1) is 24.5 Å². The maximum Gasteiger partial charge on any atom is 0.227 e. The number of ether oxygens (including phenoxy) is 1. The van der Waals surface area contributed by atoms with Crippen LogP contribution in [-0.4, -0.2) is 63.4 Å². The van der Waals surface area contributed by atoms with Crippen molar-refractivity contribution in [3.63, 3.8) is 0 Å². The zero-order valence-corrected chi connectivity index (χ0v) is 18.0. The Morgan fingerprint density at radius 3 is 2.73 bits per heavy atom. The molecule has 1 atom stereocenters. The van der Waals surface area contributed by atoms with E-state index in [1.807, 2.05) is 23.1 Å². The van der Waals surface area contributed by atoms with Gasteiger partial charge in [-0.25, -0.2) is 9.67 Å². The average molecular weight is 410 g/mol. The molecule has 5 rings (SSSR count). The van der Waals surface area contributed by atoms with Crippen LogP contribution in [0.5, 0.6) is 0 Å². The number of nitrogens with zero attached hydrogens (tertiary/aromatic N) is 5. The van der Waals surface area contributed by atoms with E-state index in [9.17, 15) is 0 Å². The minimum atomic E-state index is 0.0242. The van der Waals surface area contributed by atoms with Gasteiger partial charge in [-0.05, 0) is 45.2 Å². The fourth-order valence-corrected chi connectivity index (χ4v) is 4.57. The van der Waals surface area contributed by atoms with Gasteiger partial charge in [-0.15, -0.1) is 0 Å². The van der Waals surface area contributed by atoms with Crippen molar-refractivity contribution >= 4 is 10.9 Å². The molecule has 1 unspecified atom stereocenters. The Morgan fingerprint density at radius 1 is 1.10 bits per heavy atom. The van der Waals surface area contributed by atoms with Gasteiger partial charge in [-0.2, -0.15) is 5.10 Å². The second kappa shape index (κ2) is 8.49. The van der Waals surface area contributed by atoms with Gasteiger partial charge >= 0.3 is 0 Å². The van der Waals surface area contributed by atoms with E-state index in [4.69, 9.17) is 9.15 Å². The molecule has 4 heterocycles. The number of hydrogen-bond donors (Lipinski definition) is 0. The van der Waals surface area contributed by atoms with Crippen LogP contribution < -0.4 is 0 Å². The minimum absolute atomic E-state index is 0.0242. The molecule has 0 spiro atoms. The number of hydrogen-bond acceptors (Lipinski definition) is 6. The second-order valence-electron chi connectivity index (χ2n) is 8.69. The van der Waals surface area contributed by atoms with Crippen molar-refractivity contribution in [3.8, 4) is 11.5 Å². The summed E-state index contributed by atoms with van der Waals surface area (Å²) < 4.78 is 14.1. The maximum atomic E-state index is 6.17. The van der Waals surface area contributed by atoms with Crippen LogP contribution >= 0.6 is 0 Å². The summed E-state index contributed by atoms with van der Waals surface area (Å²) in [5, 5.41) is 5.70. The van der Waals surface area contributed by atoms with Crippen LogP contribution in [-0.2, 0) is 11.3 Å². The number of oxazole rings is 1. The van der Waals surface area contributed by atoms with Gasteiger partial charge in [-0.3, -0.25) is 9.80 Å². The molecule has 2 aliphatic heterocycles. The number of rotatable bonds is 5. The van der Waals surface area contributed by atoms with E-state index in [1.54, 1.807) is 0 Å². The van der Waals surface area contributed by atoms with Gasteiger partial charge in [0.1, 0.15) is 5.76 Å². The third-order valence-electron chi connectivity index (χ3n) is 6.37. The lowest BCUT2D eigenvalue weighted by atomic mass is 10.1. The molecular formula is C23H31N5O2. The topological polar surface area (TPSA) is 59.6 Å². The van der Waals surface area contributed by atoms with Crippen LogP contribution in [0.15, 0.2) is 35.0 Å². The minimum Gasteiger partial charge on any atom is -0.440 e. The predicted octanol–water partition coefficient (Wildman–Crippen LogP) is 3.92. The maximum absolute atomic E-state index is 6.17. The fourth-order valence-electron chi connectivity index (χ4n) is 4.57. The highest BCUT2D eigenvalue weighted by atomic mass is 16.5. The second-order valence-corrected chi connectivity index (χ2v) is 8.69. The molecule has 30 heavy (non-hydrogen) atoms. The predicted molar refractivity (Wildman–Crippen MR) is 116 cm³/mol. The van der Waals surface area contributed by atoms with Crippen molar-refractivity contribution in [3.05, 3.63) is 36.4 Å². The van der Waals surface area contributed by atoms with E-state index in [1.165, 1.54) is 6.42 Å². The van der Waals surface area contributed by atoms with E-state index >= 15 is 0 Å². The Morgan fingerprint density at radius 2 is 1.97 bits per heavy atom. The summed E-state index contributed by atoms with van der Waals surface area (Å²) >= 11 is 0. The number of aromatic nitrogens is 3. The zero-order chi connectivity index (χ0) is 20.5. The van der Waals surface area contributed by atoms with Crippen LogP contribution in [0.1, 0.15) is 45.1 Å². The highest BCUT2D eigenvalue weighted by molar-refractivity contribution is 5.92. The Labute approximate surface area is 177 Å². The van der Waals surface area contributed by atoms with Gasteiger partial charge in [0.15, 0.2) is 6.23 Å². The Hall–Kier alpha value is -2.22. The van der Waals surface area contributed by atoms with Crippen molar-refractivity contribution in [2.75, 3.05) is 32.8 Å². The Bertz CT molecular complexity index is 981. The van der Waals surface area contributed by atoms with Crippen LogP contribution in [0.4, 0.5) is 0 Å². The van der Waals surface area contributed by atoms with Crippen LogP contribution in [0.2, 0.25) is 0 Å². The number of benzene rings is 1. The highest BCUT2D eigenvalue weighted by Crippen LogP contribution is 2.32. The van der Waals surface area contributed by atoms with E-state index in [-0.39, 0.29) is 6.23 Å². The van der Waals surface area contributed by atoms with Gasteiger partial charge < -0.3 is 9.15 Å². The molecule has 0 N–H and O–H groups in total. The van der Waals surface area contributed by atoms with Gasteiger partial charge in [0, 0.05) is 49.8 Å². The molecule has 0 saturated carbocycles. The highest BCUT2D eigenvalue weighted by Gasteiger charge is 2.22. The summed E-state index contributed by atoms with van der Waals surface area (Å²) in [6, 6.07) is 6.83. The smallest absolute Gasteiger partial charge is 0.227 e. The molecule has 160 valence electrons. The molecule has 7 heteroatoms. The van der Waals surface area contributed by atoms with Gasteiger partial charge in [-0.1, -0.05) is 6.07 Å². The van der Waals surface area contributed by atoms with Crippen molar-refractivity contribution in [1.29, 1.82) is 0 Å². The summed E-state index contributed by atoms with van der Waals surface area (Å²) in [6.07, 6.45) is 7.13. The lowest BCUT2D eigenvalue weighted by Crippen LogP contribution is -2.48. The van der Waals surface area contributed by atoms with Crippen molar-refractivity contribution in [2.45, 2.75) is 51.9 Å². The molecule has 0 radical (unpaired) electrons. The molecule has 1 aromatic carbocycles. The number of piperazine rings is 1. The molecule has 0 amide bonds. The molecule has 0 bridgehead atoms. The fraction of sp³-hybridized carbons (Fsp3) is 0.565. The monoisotopic (exact) mass is 409 g/mol. The first-order valence-electron chi connectivity index (χ1n) is 11.2. The molecule has 2 fully saturated rings. The van der Waals surface area contributed by atoms with Crippen LogP contribution in [0.25, 0.3) is 22.4 Å². The zero-order valence-electron chi connectivity index (χ0n) is 18.0. The third-order valence-corrected chi connectivity index (χ3v) is 6.37. The van der Waals surface area contributed by atoms with Crippen LogP contribution in [0.3, 0.4) is 0 Å². The molecule has 2 aromatic heterocycles. The van der Waals surface area contributed by atoms with Crippen molar-refractivity contribution in [1.82, 2.24) is 24.6 Å². The molecule has 2 saturated heterocycles. The average Bonchev–Trinajstić information content (AvgIpc) is 3.42. The molecule has 0 aliphatic carbocycles. The third kappa shape index (κ3) is 3.89. The summed E-state index contributed by atoms with van der Waals surface area (Å²) in [5.41, 5.74) is 2.06. The van der Waals surface area contributed by atoms with Crippen LogP contribution in [0, 0.1) is 0 Å². The SMILES string of the molecule is CC(C)N1CCN(Cc2cnc(-c3cccc4c3cnn4C3CCCCO3)o2)CC1. The van der Waals surface area contributed by atoms with E-state index in [2.05, 4.69) is 45.9 Å². The standard InChI is InChI=1S/C23H31N5O2/c1-17(2)27-11-9-26(10-12-27)16-18-14-24-23(30-18)19-6-5-7-21-20(19)15-25-28(21)22-8-3-4-13-29-22/h5-7,14-15,17,22H,3-4,8-13,16H2,1-2H3. The molecule has 2 aliphatic rings. The largest absolute Gasteiger partial charge is 0.440 e. The van der Waals surface area contributed by atoms with E-state index in [0.29, 0.717) is 11.9 Å².